The Morgan fingerprint density at radius 3 is 2.88 bits per heavy atom. The molecule has 1 aromatic rings. The minimum absolute atomic E-state index is 0.229. The number of hydrogen-bond acceptors (Lipinski definition) is 4. The zero-order chi connectivity index (χ0) is 12.7. The molecule has 5 heteroatoms. The van der Waals surface area contributed by atoms with Gasteiger partial charge in [0.05, 0.1) is 18.3 Å². The Morgan fingerprint density at radius 1 is 1.53 bits per heavy atom. The Morgan fingerprint density at radius 2 is 2.24 bits per heavy atom. The van der Waals surface area contributed by atoms with E-state index >= 15 is 0 Å². The van der Waals surface area contributed by atoms with Crippen molar-refractivity contribution in [3.63, 3.8) is 0 Å². The molecule has 0 bridgehead atoms. The van der Waals surface area contributed by atoms with Crippen molar-refractivity contribution in [3.8, 4) is 0 Å². The number of aliphatic hydroxyl groups excluding tert-OH is 1. The second-order valence-electron chi connectivity index (χ2n) is 3.74. The van der Waals surface area contributed by atoms with Crippen LogP contribution in [0.4, 0.5) is 5.69 Å². The molecule has 0 spiro atoms. The fourth-order valence-electron chi connectivity index (χ4n) is 1.43. The van der Waals surface area contributed by atoms with Crippen LogP contribution in [-0.4, -0.2) is 37.4 Å². The van der Waals surface area contributed by atoms with E-state index in [9.17, 15) is 9.90 Å². The third-order valence-corrected chi connectivity index (χ3v) is 2.33. The first-order chi connectivity index (χ1) is 8.15. The first kappa shape index (κ1) is 13.5. The van der Waals surface area contributed by atoms with Crippen LogP contribution >= 0.6 is 0 Å². The van der Waals surface area contributed by atoms with Crippen LogP contribution in [0.3, 0.4) is 0 Å². The minimum atomic E-state index is -0.562. The summed E-state index contributed by atoms with van der Waals surface area (Å²) >= 11 is 0. The number of nitrogen functional groups attached to an aromatic ring is 1. The second-order valence-corrected chi connectivity index (χ2v) is 3.74. The van der Waals surface area contributed by atoms with Crippen LogP contribution in [0.5, 0.6) is 0 Å². The number of nitrogens with one attached hydrogen (secondary N) is 1. The number of hydrogen-bond donors (Lipinski definition) is 3. The van der Waals surface area contributed by atoms with Crippen molar-refractivity contribution in [2.24, 2.45) is 0 Å². The molecule has 0 saturated carbocycles. The summed E-state index contributed by atoms with van der Waals surface area (Å²) in [6.45, 7) is 0.654. The van der Waals surface area contributed by atoms with E-state index in [-0.39, 0.29) is 12.5 Å². The molecule has 5 nitrogen and oxygen atoms in total. The van der Waals surface area contributed by atoms with E-state index in [1.807, 2.05) is 0 Å². The number of ether oxygens (including phenoxy) is 1. The molecule has 17 heavy (non-hydrogen) atoms. The maximum atomic E-state index is 11.7. The summed E-state index contributed by atoms with van der Waals surface area (Å²) in [7, 11) is 1.52. The molecule has 0 aliphatic heterocycles. The van der Waals surface area contributed by atoms with Gasteiger partial charge in [0.2, 0.25) is 0 Å². The van der Waals surface area contributed by atoms with Crippen LogP contribution in [0.1, 0.15) is 16.8 Å². The molecule has 0 aromatic heterocycles. The van der Waals surface area contributed by atoms with Crippen LogP contribution < -0.4 is 11.1 Å². The Kier molecular flexibility index (Phi) is 5.45. The molecule has 0 radical (unpaired) electrons. The zero-order valence-electron chi connectivity index (χ0n) is 9.85. The van der Waals surface area contributed by atoms with Crippen LogP contribution in [-0.2, 0) is 4.74 Å². The predicted molar refractivity (Wildman–Crippen MR) is 65.7 cm³/mol. The first-order valence-electron chi connectivity index (χ1n) is 5.45. The van der Waals surface area contributed by atoms with Crippen molar-refractivity contribution in [1.29, 1.82) is 0 Å². The van der Waals surface area contributed by atoms with Gasteiger partial charge in [-0.15, -0.1) is 0 Å². The molecule has 0 aliphatic carbocycles. The zero-order valence-corrected chi connectivity index (χ0v) is 9.85. The minimum Gasteiger partial charge on any atom is -0.398 e. The normalized spacial score (nSPS) is 12.1. The third-order valence-electron chi connectivity index (χ3n) is 2.33. The standard InChI is InChI=1S/C12H18N2O3/c1-17-8-9(15)6-7-14-12(16)10-4-2-3-5-11(10)13/h2-5,9,15H,6-8,13H2,1H3,(H,14,16). The van der Waals surface area contributed by atoms with Gasteiger partial charge in [0.15, 0.2) is 0 Å². The number of nitrogens with two attached hydrogens (primary N) is 1. The summed E-state index contributed by atoms with van der Waals surface area (Å²) in [5.74, 6) is -0.229. The van der Waals surface area contributed by atoms with Gasteiger partial charge in [-0.05, 0) is 18.6 Å². The van der Waals surface area contributed by atoms with Gasteiger partial charge in [-0.1, -0.05) is 12.1 Å². The number of carbonyl (C=O) groups excluding carboxylic acids is 1. The van der Waals surface area contributed by atoms with Crippen LogP contribution in [0, 0.1) is 0 Å². The second kappa shape index (κ2) is 6.88. The average Bonchev–Trinajstić information content (AvgIpc) is 2.29. The molecule has 0 fully saturated rings. The lowest BCUT2D eigenvalue weighted by atomic mass is 10.1. The highest BCUT2D eigenvalue weighted by atomic mass is 16.5. The fraction of sp³-hybridized carbons (Fsp3) is 0.417. The maximum Gasteiger partial charge on any atom is 0.253 e. The van der Waals surface area contributed by atoms with E-state index in [4.69, 9.17) is 10.5 Å². The highest BCUT2D eigenvalue weighted by Crippen LogP contribution is 2.09. The lowest BCUT2D eigenvalue weighted by Crippen LogP contribution is -2.29. The molecule has 1 rings (SSSR count). The summed E-state index contributed by atoms with van der Waals surface area (Å²) < 4.78 is 4.78. The van der Waals surface area contributed by atoms with E-state index in [1.54, 1.807) is 24.3 Å². The third kappa shape index (κ3) is 4.42. The van der Waals surface area contributed by atoms with E-state index in [0.717, 1.165) is 0 Å². The van der Waals surface area contributed by atoms with Gasteiger partial charge >= 0.3 is 0 Å². The molecule has 1 amide bonds. The summed E-state index contributed by atoms with van der Waals surface area (Å²) in [5, 5.41) is 12.1. The SMILES string of the molecule is COCC(O)CCNC(=O)c1ccccc1N. The molecule has 0 aliphatic rings. The topological polar surface area (TPSA) is 84.6 Å². The molecule has 4 N–H and O–H groups in total. The highest BCUT2D eigenvalue weighted by Gasteiger charge is 2.09. The maximum absolute atomic E-state index is 11.7. The quantitative estimate of drug-likeness (QED) is 0.626. The predicted octanol–water partition coefficient (Wildman–Crippen LogP) is 0.396. The molecule has 1 unspecified atom stereocenters. The number of benzene rings is 1. The van der Waals surface area contributed by atoms with Crippen molar-refractivity contribution in [2.75, 3.05) is 26.0 Å². The van der Waals surface area contributed by atoms with Gasteiger partial charge in [0, 0.05) is 19.3 Å². The largest absolute Gasteiger partial charge is 0.398 e. The molecule has 0 heterocycles. The Bertz CT molecular complexity index is 369. The van der Waals surface area contributed by atoms with Crippen molar-refractivity contribution < 1.29 is 14.6 Å². The highest BCUT2D eigenvalue weighted by molar-refractivity contribution is 5.98. The smallest absolute Gasteiger partial charge is 0.253 e. The average molecular weight is 238 g/mol. The van der Waals surface area contributed by atoms with Crippen LogP contribution in [0.15, 0.2) is 24.3 Å². The fourth-order valence-corrected chi connectivity index (χ4v) is 1.43. The van der Waals surface area contributed by atoms with E-state index in [0.29, 0.717) is 24.2 Å². The monoisotopic (exact) mass is 238 g/mol. The molecular weight excluding hydrogens is 220 g/mol. The van der Waals surface area contributed by atoms with Crippen LogP contribution in [0.25, 0.3) is 0 Å². The molecular formula is C12H18N2O3. The lowest BCUT2D eigenvalue weighted by Gasteiger charge is -2.10. The van der Waals surface area contributed by atoms with Gasteiger partial charge in [-0.3, -0.25) is 4.79 Å². The van der Waals surface area contributed by atoms with Crippen LogP contribution in [0.2, 0.25) is 0 Å². The van der Waals surface area contributed by atoms with Gasteiger partial charge in [-0.25, -0.2) is 0 Å². The summed E-state index contributed by atoms with van der Waals surface area (Å²) in [6.07, 6.45) is -0.111. The number of aliphatic hydroxyl groups is 1. The van der Waals surface area contributed by atoms with E-state index < -0.39 is 6.10 Å². The van der Waals surface area contributed by atoms with Crippen molar-refractivity contribution in [1.82, 2.24) is 5.32 Å². The van der Waals surface area contributed by atoms with Crippen molar-refractivity contribution in [3.05, 3.63) is 29.8 Å². The molecule has 0 saturated heterocycles. The number of amides is 1. The lowest BCUT2D eigenvalue weighted by molar-refractivity contribution is 0.0588. The van der Waals surface area contributed by atoms with Gasteiger partial charge < -0.3 is 20.9 Å². The van der Waals surface area contributed by atoms with Crippen molar-refractivity contribution in [2.45, 2.75) is 12.5 Å². The number of carbonyl (C=O) groups is 1. The number of anilines is 1. The van der Waals surface area contributed by atoms with Gasteiger partial charge in [-0.2, -0.15) is 0 Å². The Hall–Kier alpha value is -1.59. The molecule has 1 atom stereocenters. The molecule has 94 valence electrons. The Balaban J connectivity index is 2.38. The number of rotatable bonds is 6. The number of para-hydroxylation sites is 1. The van der Waals surface area contributed by atoms with Crippen molar-refractivity contribution >= 4 is 11.6 Å². The Labute approximate surface area is 101 Å². The molecule has 1 aromatic carbocycles. The first-order valence-corrected chi connectivity index (χ1v) is 5.45. The van der Waals surface area contributed by atoms with E-state index in [1.165, 1.54) is 7.11 Å². The van der Waals surface area contributed by atoms with Gasteiger partial charge in [0.25, 0.3) is 5.91 Å². The number of methoxy groups -OCH3 is 1. The summed E-state index contributed by atoms with van der Waals surface area (Å²) in [4.78, 5) is 11.7. The van der Waals surface area contributed by atoms with E-state index in [2.05, 4.69) is 5.32 Å². The van der Waals surface area contributed by atoms with Gasteiger partial charge in [0.1, 0.15) is 0 Å². The summed E-state index contributed by atoms with van der Waals surface area (Å²) in [5.41, 5.74) is 6.57. The summed E-state index contributed by atoms with van der Waals surface area (Å²) in [6, 6.07) is 6.87.